The molecular weight excluding hydrogens is 1050 g/mol. The van der Waals surface area contributed by atoms with Gasteiger partial charge in [0.25, 0.3) is 0 Å². The van der Waals surface area contributed by atoms with Crippen molar-refractivity contribution < 1.29 is 64.6 Å². The number of aliphatic hydroxyl groups excluding tert-OH is 8. The summed E-state index contributed by atoms with van der Waals surface area (Å²) in [7, 11) is 0. The van der Waals surface area contributed by atoms with Gasteiger partial charge in [-0.2, -0.15) is 0 Å². The molecule has 12 unspecified atom stereocenters. The molecule has 0 aromatic heterocycles. The Kier molecular flexibility index (Phi) is 51.0. The van der Waals surface area contributed by atoms with E-state index in [0.29, 0.717) is 12.8 Å². The first-order valence-corrected chi connectivity index (χ1v) is 35.1. The molecule has 14 nitrogen and oxygen atoms in total. The van der Waals surface area contributed by atoms with E-state index in [0.717, 1.165) is 57.8 Å². The van der Waals surface area contributed by atoms with Gasteiger partial charge in [-0.15, -0.1) is 0 Å². The summed E-state index contributed by atoms with van der Waals surface area (Å²) in [6.07, 6.45) is 50.4. The molecule has 0 bridgehead atoms. The lowest BCUT2D eigenvalue weighted by molar-refractivity contribution is -0.359. The van der Waals surface area contributed by atoms with Crippen molar-refractivity contribution in [1.29, 1.82) is 0 Å². The number of carbonyl (C=O) groups is 1. The Labute approximate surface area is 507 Å². The minimum atomic E-state index is -1.78. The van der Waals surface area contributed by atoms with Crippen LogP contribution in [0.4, 0.5) is 0 Å². The molecule has 14 heteroatoms. The minimum absolute atomic E-state index is 0.201. The van der Waals surface area contributed by atoms with Gasteiger partial charge in [-0.25, -0.2) is 0 Å². The Morgan fingerprint density at radius 2 is 0.795 bits per heavy atom. The van der Waals surface area contributed by atoms with Gasteiger partial charge in [-0.05, 0) is 44.9 Å². The van der Waals surface area contributed by atoms with Gasteiger partial charge in [0.15, 0.2) is 12.6 Å². The van der Waals surface area contributed by atoms with Crippen molar-refractivity contribution >= 4 is 5.91 Å². The highest BCUT2D eigenvalue weighted by Crippen LogP contribution is 2.30. The Morgan fingerprint density at radius 3 is 1.20 bits per heavy atom. The summed E-state index contributed by atoms with van der Waals surface area (Å²) >= 11 is 0. The van der Waals surface area contributed by atoms with Gasteiger partial charge in [0.1, 0.15) is 48.8 Å². The Morgan fingerprint density at radius 1 is 0.434 bits per heavy atom. The number of hydrogen-bond acceptors (Lipinski definition) is 13. The number of allylic oxidation sites excluding steroid dienone is 4. The number of carbonyl (C=O) groups excluding carboxylic acids is 1. The highest BCUT2D eigenvalue weighted by molar-refractivity contribution is 5.76. The quantitative estimate of drug-likeness (QED) is 0.0204. The lowest BCUT2D eigenvalue weighted by Gasteiger charge is -2.46. The molecule has 490 valence electrons. The topological polar surface area (TPSA) is 228 Å². The highest BCUT2D eigenvalue weighted by atomic mass is 16.7. The van der Waals surface area contributed by atoms with E-state index in [1.165, 1.54) is 231 Å². The van der Waals surface area contributed by atoms with E-state index in [1.54, 1.807) is 0 Å². The van der Waals surface area contributed by atoms with Crippen LogP contribution in [0.2, 0.25) is 0 Å². The molecule has 2 saturated heterocycles. The number of ether oxygens (including phenoxy) is 4. The first-order chi connectivity index (χ1) is 40.6. The van der Waals surface area contributed by atoms with Crippen LogP contribution in [0, 0.1) is 0 Å². The summed E-state index contributed by atoms with van der Waals surface area (Å²) in [5.74, 6) is -0.201. The second kappa shape index (κ2) is 54.6. The molecule has 0 saturated carbocycles. The third kappa shape index (κ3) is 39.2. The molecule has 0 spiro atoms. The van der Waals surface area contributed by atoms with E-state index in [4.69, 9.17) is 18.9 Å². The molecule has 0 aromatic rings. The van der Waals surface area contributed by atoms with Gasteiger partial charge in [-0.3, -0.25) is 4.79 Å². The summed E-state index contributed by atoms with van der Waals surface area (Å²) in [5, 5.41) is 87.6. The van der Waals surface area contributed by atoms with Gasteiger partial charge in [-0.1, -0.05) is 289 Å². The zero-order valence-electron chi connectivity index (χ0n) is 53.2. The lowest BCUT2D eigenvalue weighted by atomic mass is 9.97. The van der Waals surface area contributed by atoms with Crippen LogP contribution in [0.3, 0.4) is 0 Å². The Balaban J connectivity index is 1.67. The van der Waals surface area contributed by atoms with Crippen LogP contribution in [0.5, 0.6) is 0 Å². The van der Waals surface area contributed by atoms with Crippen molar-refractivity contribution in [2.75, 3.05) is 19.8 Å². The van der Waals surface area contributed by atoms with E-state index in [-0.39, 0.29) is 12.5 Å². The number of amides is 1. The zero-order valence-corrected chi connectivity index (χ0v) is 53.2. The molecular formula is C69H131NO13. The summed E-state index contributed by atoms with van der Waals surface area (Å²) < 4.78 is 22.9. The van der Waals surface area contributed by atoms with Crippen molar-refractivity contribution in [3.63, 3.8) is 0 Å². The summed E-state index contributed by atoms with van der Waals surface area (Å²) in [5.41, 5.74) is 0. The molecule has 2 fully saturated rings. The molecule has 83 heavy (non-hydrogen) atoms. The maximum Gasteiger partial charge on any atom is 0.220 e. The first kappa shape index (κ1) is 77.6. The molecule has 2 heterocycles. The predicted octanol–water partition coefficient (Wildman–Crippen LogP) is 14.0. The van der Waals surface area contributed by atoms with Crippen LogP contribution in [-0.4, -0.2) is 140 Å². The van der Waals surface area contributed by atoms with Crippen molar-refractivity contribution in [3.05, 3.63) is 24.3 Å². The zero-order chi connectivity index (χ0) is 60.2. The maximum atomic E-state index is 13.4. The predicted molar refractivity (Wildman–Crippen MR) is 337 cm³/mol. The Bertz CT molecular complexity index is 1490. The fourth-order valence-electron chi connectivity index (χ4n) is 11.8. The molecule has 2 rings (SSSR count). The highest BCUT2D eigenvalue weighted by Gasteiger charge is 2.51. The Hall–Kier alpha value is -1.53. The fraction of sp³-hybridized carbons (Fsp3) is 0.928. The van der Waals surface area contributed by atoms with Crippen LogP contribution in [0.15, 0.2) is 24.3 Å². The summed E-state index contributed by atoms with van der Waals surface area (Å²) in [6.45, 7) is 2.90. The monoisotopic (exact) mass is 1180 g/mol. The van der Waals surface area contributed by atoms with Gasteiger partial charge in [0, 0.05) is 6.42 Å². The average Bonchev–Trinajstić information content (AvgIpc) is 3.65. The largest absolute Gasteiger partial charge is 0.394 e. The van der Waals surface area contributed by atoms with E-state index in [1.807, 2.05) is 0 Å². The van der Waals surface area contributed by atoms with Crippen molar-refractivity contribution in [3.8, 4) is 0 Å². The molecule has 0 aliphatic carbocycles. The van der Waals surface area contributed by atoms with Gasteiger partial charge < -0.3 is 65.1 Å². The molecule has 12 atom stereocenters. The molecule has 2 aliphatic heterocycles. The molecule has 9 N–H and O–H groups in total. The van der Waals surface area contributed by atoms with Crippen molar-refractivity contribution in [1.82, 2.24) is 5.32 Å². The number of rotatable bonds is 58. The summed E-state index contributed by atoms with van der Waals surface area (Å²) in [4.78, 5) is 13.4. The number of unbranched alkanes of at least 4 members (excludes halogenated alkanes) is 41. The van der Waals surface area contributed by atoms with E-state index < -0.39 is 86.8 Å². The van der Waals surface area contributed by atoms with Gasteiger partial charge >= 0.3 is 0 Å². The number of hydrogen-bond donors (Lipinski definition) is 9. The van der Waals surface area contributed by atoms with Crippen LogP contribution in [-0.2, 0) is 23.7 Å². The third-order valence-corrected chi connectivity index (χ3v) is 17.4. The van der Waals surface area contributed by atoms with E-state index in [9.17, 15) is 45.6 Å². The van der Waals surface area contributed by atoms with Crippen LogP contribution in [0.1, 0.15) is 316 Å². The maximum absolute atomic E-state index is 13.4. The number of nitrogens with one attached hydrogen (secondary N) is 1. The van der Waals surface area contributed by atoms with Crippen LogP contribution in [0.25, 0.3) is 0 Å². The second-order valence-corrected chi connectivity index (χ2v) is 25.0. The fourth-order valence-corrected chi connectivity index (χ4v) is 11.8. The smallest absolute Gasteiger partial charge is 0.220 e. The van der Waals surface area contributed by atoms with Crippen LogP contribution < -0.4 is 5.32 Å². The van der Waals surface area contributed by atoms with E-state index in [2.05, 4.69) is 43.5 Å². The lowest BCUT2D eigenvalue weighted by Crippen LogP contribution is -2.65. The molecule has 0 aromatic carbocycles. The van der Waals surface area contributed by atoms with Crippen LogP contribution >= 0.6 is 0 Å². The van der Waals surface area contributed by atoms with Gasteiger partial charge in [0.2, 0.25) is 5.91 Å². The normalized spacial score (nSPS) is 23.9. The SMILES string of the molecule is CCCCCCC/C=C\C/C=C\CCCCCCCCCCCCCCCCCC(=O)NC(COC1OC(CO)C(OC2OC(CO)C(O)C(O)C2O)C(O)C1O)C(O)CCCCCCCCCCCCCCCCCCCCCCCC. The average molecular weight is 1180 g/mol. The first-order valence-electron chi connectivity index (χ1n) is 35.1. The molecule has 2 aliphatic rings. The standard InChI is InChI=1S/C69H131NO13/c1-3-5-7-9-11-13-15-17-19-21-23-25-27-28-29-30-31-33-35-37-39-41-43-45-47-49-51-53-61(74)70-57(56-80-68-66(79)64(77)67(60(55-72)82-68)83-69-65(78)63(76)62(75)59(54-71)81-69)58(73)52-50-48-46-44-42-40-38-36-34-32-26-24-22-20-18-16-14-12-10-8-6-4-2/h15,17,21,23,57-60,62-69,71-73,75-79H,3-14,16,18-20,22,24-56H2,1-2H3,(H,70,74)/b17-15-,23-21-. The minimum Gasteiger partial charge on any atom is -0.394 e. The van der Waals surface area contributed by atoms with Crippen molar-refractivity contribution in [2.45, 2.75) is 389 Å². The van der Waals surface area contributed by atoms with E-state index >= 15 is 0 Å². The van der Waals surface area contributed by atoms with Gasteiger partial charge in [0.05, 0.1) is 32.0 Å². The third-order valence-electron chi connectivity index (χ3n) is 17.4. The molecule has 0 radical (unpaired) electrons. The number of aliphatic hydroxyl groups is 8. The molecule has 1 amide bonds. The summed E-state index contributed by atoms with van der Waals surface area (Å²) in [6, 6.07) is -0.828. The van der Waals surface area contributed by atoms with Crippen molar-refractivity contribution in [2.24, 2.45) is 0 Å². The second-order valence-electron chi connectivity index (χ2n) is 25.0.